The average molecular weight is 263 g/mol. The number of hydrogen-bond donors (Lipinski definition) is 0. The second-order valence-corrected chi connectivity index (χ2v) is 5.41. The molecule has 2 nitrogen and oxygen atoms in total. The van der Waals surface area contributed by atoms with Gasteiger partial charge >= 0.3 is 0 Å². The van der Waals surface area contributed by atoms with E-state index in [1.807, 2.05) is 0 Å². The van der Waals surface area contributed by atoms with Gasteiger partial charge in [-0.05, 0) is 37.5 Å². The standard InChI is InChI=1S/C15H15ClO2/c16-11-6-7-14-12(8-11)13(17)9-15(18-14)10-4-2-1-3-5-10/h1-2,6-8,10,15H,3-5,9H2. The largest absolute Gasteiger partial charge is 0.489 e. The normalized spacial score (nSPS) is 26.6. The molecule has 0 spiro atoms. The molecular formula is C15H15ClO2. The molecule has 3 rings (SSSR count). The molecule has 3 heteroatoms. The third kappa shape index (κ3) is 2.17. The van der Waals surface area contributed by atoms with Crippen LogP contribution >= 0.6 is 11.6 Å². The quantitative estimate of drug-likeness (QED) is 0.714. The molecular weight excluding hydrogens is 248 g/mol. The van der Waals surface area contributed by atoms with Gasteiger partial charge in [0, 0.05) is 17.4 Å². The number of halogens is 1. The van der Waals surface area contributed by atoms with E-state index in [-0.39, 0.29) is 11.9 Å². The Morgan fingerprint density at radius 3 is 2.94 bits per heavy atom. The first-order chi connectivity index (χ1) is 8.74. The molecule has 0 amide bonds. The van der Waals surface area contributed by atoms with Gasteiger partial charge in [-0.3, -0.25) is 4.79 Å². The molecule has 0 N–H and O–H groups in total. The first-order valence-corrected chi connectivity index (χ1v) is 6.76. The predicted molar refractivity (Wildman–Crippen MR) is 71.3 cm³/mol. The van der Waals surface area contributed by atoms with Gasteiger partial charge in [0.15, 0.2) is 5.78 Å². The number of hydrogen-bond acceptors (Lipinski definition) is 2. The lowest BCUT2D eigenvalue weighted by atomic mass is 9.85. The maximum Gasteiger partial charge on any atom is 0.170 e. The first-order valence-electron chi connectivity index (χ1n) is 6.38. The second-order valence-electron chi connectivity index (χ2n) is 4.97. The van der Waals surface area contributed by atoms with Crippen molar-refractivity contribution < 1.29 is 9.53 Å². The van der Waals surface area contributed by atoms with Gasteiger partial charge in [0.25, 0.3) is 0 Å². The molecule has 1 aliphatic carbocycles. The summed E-state index contributed by atoms with van der Waals surface area (Å²) in [7, 11) is 0. The Hall–Kier alpha value is -1.28. The zero-order chi connectivity index (χ0) is 12.5. The monoisotopic (exact) mass is 262 g/mol. The second kappa shape index (κ2) is 4.77. The molecule has 1 aromatic carbocycles. The van der Waals surface area contributed by atoms with E-state index in [4.69, 9.17) is 16.3 Å². The van der Waals surface area contributed by atoms with Crippen molar-refractivity contribution in [3.63, 3.8) is 0 Å². The van der Waals surface area contributed by atoms with E-state index in [9.17, 15) is 4.79 Å². The van der Waals surface area contributed by atoms with Crippen LogP contribution in [0, 0.1) is 5.92 Å². The lowest BCUT2D eigenvalue weighted by Crippen LogP contribution is -2.34. The highest BCUT2D eigenvalue weighted by atomic mass is 35.5. The zero-order valence-electron chi connectivity index (χ0n) is 10.1. The maximum atomic E-state index is 12.1. The van der Waals surface area contributed by atoms with Gasteiger partial charge in [-0.25, -0.2) is 0 Å². The Labute approximate surface area is 112 Å². The number of allylic oxidation sites excluding steroid dienone is 2. The van der Waals surface area contributed by atoms with Crippen molar-refractivity contribution in [3.05, 3.63) is 40.9 Å². The summed E-state index contributed by atoms with van der Waals surface area (Å²) in [5, 5.41) is 0.588. The summed E-state index contributed by atoms with van der Waals surface area (Å²) >= 11 is 5.91. The summed E-state index contributed by atoms with van der Waals surface area (Å²) in [6.45, 7) is 0. The maximum absolute atomic E-state index is 12.1. The highest BCUT2D eigenvalue weighted by Crippen LogP contribution is 2.35. The van der Waals surface area contributed by atoms with Gasteiger partial charge in [0.05, 0.1) is 5.56 Å². The van der Waals surface area contributed by atoms with E-state index in [2.05, 4.69) is 12.2 Å². The van der Waals surface area contributed by atoms with Crippen molar-refractivity contribution in [1.82, 2.24) is 0 Å². The van der Waals surface area contributed by atoms with Crippen LogP contribution in [0.25, 0.3) is 0 Å². The molecule has 94 valence electrons. The summed E-state index contributed by atoms with van der Waals surface area (Å²) < 4.78 is 5.98. The number of carbonyl (C=O) groups is 1. The van der Waals surface area contributed by atoms with Gasteiger partial charge < -0.3 is 4.74 Å². The summed E-state index contributed by atoms with van der Waals surface area (Å²) in [4.78, 5) is 12.1. The van der Waals surface area contributed by atoms with Gasteiger partial charge in [-0.1, -0.05) is 23.8 Å². The van der Waals surface area contributed by atoms with Crippen LogP contribution in [0.1, 0.15) is 36.0 Å². The van der Waals surface area contributed by atoms with E-state index >= 15 is 0 Å². The molecule has 18 heavy (non-hydrogen) atoms. The fourth-order valence-corrected chi connectivity index (χ4v) is 2.91. The number of benzene rings is 1. The minimum absolute atomic E-state index is 0.0242. The number of ketones is 1. The molecule has 0 saturated carbocycles. The smallest absolute Gasteiger partial charge is 0.170 e. The summed E-state index contributed by atoms with van der Waals surface area (Å²) in [5.41, 5.74) is 0.630. The number of Topliss-reactive ketones (excluding diaryl/α,β-unsaturated/α-hetero) is 1. The molecule has 2 unspecified atom stereocenters. The minimum atomic E-state index is 0.0242. The lowest BCUT2D eigenvalue weighted by molar-refractivity contribution is 0.0714. The van der Waals surface area contributed by atoms with E-state index in [1.165, 1.54) is 0 Å². The van der Waals surface area contributed by atoms with E-state index in [0.717, 1.165) is 19.3 Å². The van der Waals surface area contributed by atoms with Crippen LogP contribution in [0.3, 0.4) is 0 Å². The van der Waals surface area contributed by atoms with Crippen LogP contribution in [0.4, 0.5) is 0 Å². The third-order valence-corrected chi connectivity index (χ3v) is 3.98. The molecule has 1 aliphatic heterocycles. The average Bonchev–Trinajstić information content (AvgIpc) is 2.40. The van der Waals surface area contributed by atoms with Gasteiger partial charge in [-0.15, -0.1) is 0 Å². The molecule has 2 atom stereocenters. The van der Waals surface area contributed by atoms with E-state index in [1.54, 1.807) is 18.2 Å². The summed E-state index contributed by atoms with van der Waals surface area (Å²) in [5.74, 6) is 1.30. The van der Waals surface area contributed by atoms with Crippen LogP contribution in [0.15, 0.2) is 30.4 Å². The Morgan fingerprint density at radius 2 is 2.17 bits per heavy atom. The molecule has 0 saturated heterocycles. The van der Waals surface area contributed by atoms with Gasteiger partial charge in [-0.2, -0.15) is 0 Å². The Bertz CT molecular complexity index is 507. The van der Waals surface area contributed by atoms with Crippen LogP contribution < -0.4 is 4.74 Å². The van der Waals surface area contributed by atoms with Crippen molar-refractivity contribution in [1.29, 1.82) is 0 Å². The number of carbonyl (C=O) groups excluding carboxylic acids is 1. The SMILES string of the molecule is O=C1CC(C2CC=CCC2)Oc2ccc(Cl)cc21. The topological polar surface area (TPSA) is 26.3 Å². The van der Waals surface area contributed by atoms with Gasteiger partial charge in [0.2, 0.25) is 0 Å². The van der Waals surface area contributed by atoms with Crippen LogP contribution in [-0.2, 0) is 0 Å². The van der Waals surface area contributed by atoms with E-state index < -0.39 is 0 Å². The number of rotatable bonds is 1. The van der Waals surface area contributed by atoms with Gasteiger partial charge in [0.1, 0.15) is 11.9 Å². The fraction of sp³-hybridized carbons (Fsp3) is 0.400. The van der Waals surface area contributed by atoms with Crippen molar-refractivity contribution in [2.45, 2.75) is 31.8 Å². The molecule has 1 heterocycles. The zero-order valence-corrected chi connectivity index (χ0v) is 10.8. The number of fused-ring (bicyclic) bond motifs is 1. The molecule has 0 bridgehead atoms. The van der Waals surface area contributed by atoms with Crippen molar-refractivity contribution in [2.75, 3.05) is 0 Å². The van der Waals surface area contributed by atoms with Crippen LogP contribution in [0.5, 0.6) is 5.75 Å². The Morgan fingerprint density at radius 1 is 1.28 bits per heavy atom. The summed E-state index contributed by atoms with van der Waals surface area (Å²) in [6.07, 6.45) is 8.11. The Balaban J connectivity index is 1.85. The molecule has 1 aromatic rings. The molecule has 0 fully saturated rings. The summed E-state index contributed by atoms with van der Waals surface area (Å²) in [6, 6.07) is 5.29. The van der Waals surface area contributed by atoms with Crippen molar-refractivity contribution in [2.24, 2.45) is 5.92 Å². The number of ether oxygens (including phenoxy) is 1. The highest BCUT2D eigenvalue weighted by Gasteiger charge is 2.32. The third-order valence-electron chi connectivity index (χ3n) is 3.74. The molecule has 0 aromatic heterocycles. The van der Waals surface area contributed by atoms with Crippen molar-refractivity contribution >= 4 is 17.4 Å². The first kappa shape index (κ1) is 11.8. The highest BCUT2D eigenvalue weighted by molar-refractivity contribution is 6.31. The van der Waals surface area contributed by atoms with Crippen LogP contribution in [-0.4, -0.2) is 11.9 Å². The fourth-order valence-electron chi connectivity index (χ4n) is 2.74. The predicted octanol–water partition coefficient (Wildman–Crippen LogP) is 4.03. The van der Waals surface area contributed by atoms with E-state index in [0.29, 0.717) is 28.7 Å². The lowest BCUT2D eigenvalue weighted by Gasteiger charge is -2.32. The minimum Gasteiger partial charge on any atom is -0.489 e. The molecule has 0 radical (unpaired) electrons. The van der Waals surface area contributed by atoms with Crippen molar-refractivity contribution in [3.8, 4) is 5.75 Å². The Kier molecular flexibility index (Phi) is 3.13. The van der Waals surface area contributed by atoms with Crippen LogP contribution in [0.2, 0.25) is 5.02 Å². The molecule has 2 aliphatic rings.